The van der Waals surface area contributed by atoms with E-state index in [2.05, 4.69) is 0 Å². The second-order valence-corrected chi connectivity index (χ2v) is 1.95. The topological polar surface area (TPSA) is 40.5 Å². The first-order valence-corrected chi connectivity index (χ1v) is 2.70. The van der Waals surface area contributed by atoms with Crippen LogP contribution in [0, 0.1) is 23.3 Å². The molecule has 1 aromatic carbocycles. The van der Waals surface area contributed by atoms with Crippen LogP contribution in [-0.4, -0.2) is 10.2 Å². The maximum atomic E-state index is 12.2. The third-order valence-electron chi connectivity index (χ3n) is 1.22. The first-order valence-electron chi connectivity index (χ1n) is 2.70. The van der Waals surface area contributed by atoms with E-state index in [4.69, 9.17) is 10.2 Å². The Morgan fingerprint density at radius 1 is 0.583 bits per heavy atom. The summed E-state index contributed by atoms with van der Waals surface area (Å²) in [6.45, 7) is 0. The van der Waals surface area contributed by atoms with Crippen LogP contribution in [-0.2, 0) is 0 Å². The molecule has 66 valence electrons. The largest absolute Gasteiger partial charge is 0.502 e. The zero-order valence-electron chi connectivity index (χ0n) is 5.41. The molecule has 0 aliphatic carbocycles. The molecule has 0 amide bonds. The predicted molar refractivity (Wildman–Crippen MR) is 29.6 cm³/mol. The van der Waals surface area contributed by atoms with Gasteiger partial charge in [-0.15, -0.1) is 0 Å². The SMILES string of the molecule is Oc1c(O)c(F)c(F)c(F)c1F. The first kappa shape index (κ1) is 8.63. The lowest BCUT2D eigenvalue weighted by Crippen LogP contribution is -1.96. The molecule has 0 heterocycles. The Kier molecular flexibility index (Phi) is 1.83. The molecule has 1 aromatic rings. The second kappa shape index (κ2) is 2.54. The highest BCUT2D eigenvalue weighted by molar-refractivity contribution is 5.40. The van der Waals surface area contributed by atoms with Gasteiger partial charge in [-0.05, 0) is 0 Å². The summed E-state index contributed by atoms with van der Waals surface area (Å²) in [7, 11) is 0. The standard InChI is InChI=1S/C6H2F4O2/c7-1-2(8)4(10)6(12)5(11)3(1)9/h11-12H. The Bertz CT molecular complexity index is 232. The summed E-state index contributed by atoms with van der Waals surface area (Å²) in [6.07, 6.45) is 0. The van der Waals surface area contributed by atoms with Crippen molar-refractivity contribution >= 4 is 0 Å². The van der Waals surface area contributed by atoms with Crippen LogP contribution in [0.5, 0.6) is 11.5 Å². The minimum absolute atomic E-state index is 1.65. The van der Waals surface area contributed by atoms with Gasteiger partial charge in [0.15, 0.2) is 0 Å². The number of halogens is 4. The van der Waals surface area contributed by atoms with Crippen molar-refractivity contribution in [2.24, 2.45) is 0 Å². The molecule has 0 aliphatic rings. The van der Waals surface area contributed by atoms with Gasteiger partial charge < -0.3 is 10.2 Å². The summed E-state index contributed by atoms with van der Waals surface area (Å²) in [5.41, 5.74) is 0. The smallest absolute Gasteiger partial charge is 0.207 e. The van der Waals surface area contributed by atoms with Gasteiger partial charge in [0.1, 0.15) is 0 Å². The lowest BCUT2D eigenvalue weighted by atomic mass is 10.2. The van der Waals surface area contributed by atoms with Crippen molar-refractivity contribution in [2.75, 3.05) is 0 Å². The van der Waals surface area contributed by atoms with Gasteiger partial charge in [0, 0.05) is 0 Å². The molecule has 0 bridgehead atoms. The average Bonchev–Trinajstić information content (AvgIpc) is 2.08. The molecule has 0 saturated heterocycles. The van der Waals surface area contributed by atoms with Crippen LogP contribution in [0.15, 0.2) is 0 Å². The molecule has 0 fully saturated rings. The molecular weight excluding hydrogens is 180 g/mol. The third kappa shape index (κ3) is 0.956. The van der Waals surface area contributed by atoms with Crippen LogP contribution in [0.4, 0.5) is 17.6 Å². The molecule has 0 unspecified atom stereocenters. The minimum atomic E-state index is -2.16. The summed E-state index contributed by atoms with van der Waals surface area (Å²) >= 11 is 0. The summed E-state index contributed by atoms with van der Waals surface area (Å²) < 4.78 is 48.8. The van der Waals surface area contributed by atoms with Gasteiger partial charge in [-0.3, -0.25) is 0 Å². The van der Waals surface area contributed by atoms with Crippen molar-refractivity contribution in [1.82, 2.24) is 0 Å². The zero-order valence-corrected chi connectivity index (χ0v) is 5.41. The number of hydrogen-bond acceptors (Lipinski definition) is 2. The van der Waals surface area contributed by atoms with E-state index in [0.29, 0.717) is 0 Å². The summed E-state index contributed by atoms with van der Waals surface area (Å²) in [5.74, 6) is -11.7. The van der Waals surface area contributed by atoms with E-state index in [1.165, 1.54) is 0 Å². The number of hydrogen-bond donors (Lipinski definition) is 2. The molecule has 0 aliphatic heterocycles. The molecule has 1 rings (SSSR count). The van der Waals surface area contributed by atoms with E-state index in [0.717, 1.165) is 0 Å². The van der Waals surface area contributed by atoms with E-state index in [1.807, 2.05) is 0 Å². The second-order valence-electron chi connectivity index (χ2n) is 1.95. The van der Waals surface area contributed by atoms with Crippen LogP contribution in [0.25, 0.3) is 0 Å². The molecule has 0 radical (unpaired) electrons. The molecule has 0 saturated carbocycles. The van der Waals surface area contributed by atoms with Gasteiger partial charge in [0.05, 0.1) is 0 Å². The molecule has 12 heavy (non-hydrogen) atoms. The fraction of sp³-hybridized carbons (Fsp3) is 0. The summed E-state index contributed by atoms with van der Waals surface area (Å²) in [6, 6.07) is 0. The summed E-state index contributed by atoms with van der Waals surface area (Å²) in [4.78, 5) is 0. The van der Waals surface area contributed by atoms with Crippen LogP contribution >= 0.6 is 0 Å². The van der Waals surface area contributed by atoms with Crippen molar-refractivity contribution < 1.29 is 27.8 Å². The number of phenolic OH excluding ortho intramolecular Hbond substituents is 2. The molecule has 0 spiro atoms. The fourth-order valence-corrected chi connectivity index (χ4v) is 0.609. The van der Waals surface area contributed by atoms with Crippen LogP contribution < -0.4 is 0 Å². The van der Waals surface area contributed by atoms with Crippen LogP contribution in [0.1, 0.15) is 0 Å². The Hall–Kier alpha value is -1.46. The first-order chi connectivity index (χ1) is 5.46. The van der Waals surface area contributed by atoms with Crippen LogP contribution in [0.3, 0.4) is 0 Å². The van der Waals surface area contributed by atoms with E-state index >= 15 is 0 Å². The maximum absolute atomic E-state index is 12.2. The van der Waals surface area contributed by atoms with E-state index in [-0.39, 0.29) is 0 Å². The molecule has 2 N–H and O–H groups in total. The van der Waals surface area contributed by atoms with Crippen molar-refractivity contribution in [1.29, 1.82) is 0 Å². The minimum Gasteiger partial charge on any atom is -0.502 e. The van der Waals surface area contributed by atoms with Gasteiger partial charge in [0.25, 0.3) is 0 Å². The molecule has 2 nitrogen and oxygen atoms in total. The van der Waals surface area contributed by atoms with E-state index in [1.54, 1.807) is 0 Å². The molecular formula is C6H2F4O2. The fourth-order valence-electron chi connectivity index (χ4n) is 0.609. The third-order valence-corrected chi connectivity index (χ3v) is 1.22. The monoisotopic (exact) mass is 182 g/mol. The highest BCUT2D eigenvalue weighted by Gasteiger charge is 2.24. The van der Waals surface area contributed by atoms with Gasteiger partial charge >= 0.3 is 0 Å². The quantitative estimate of drug-likeness (QED) is 0.277. The van der Waals surface area contributed by atoms with Crippen molar-refractivity contribution in [3.63, 3.8) is 0 Å². The molecule has 6 heteroatoms. The number of phenols is 2. The molecule has 0 atom stereocenters. The van der Waals surface area contributed by atoms with Gasteiger partial charge in [-0.25, -0.2) is 8.78 Å². The van der Waals surface area contributed by atoms with E-state index < -0.39 is 34.8 Å². The Morgan fingerprint density at radius 3 is 1.08 bits per heavy atom. The highest BCUT2D eigenvalue weighted by Crippen LogP contribution is 2.34. The van der Waals surface area contributed by atoms with E-state index in [9.17, 15) is 17.6 Å². The zero-order chi connectivity index (χ0) is 9.46. The summed E-state index contributed by atoms with van der Waals surface area (Å²) in [5, 5.41) is 16.8. The van der Waals surface area contributed by atoms with Crippen molar-refractivity contribution in [2.45, 2.75) is 0 Å². The Labute approximate surface area is 63.7 Å². The Balaban J connectivity index is 3.60. The predicted octanol–water partition coefficient (Wildman–Crippen LogP) is 1.65. The highest BCUT2D eigenvalue weighted by atomic mass is 19.2. The number of rotatable bonds is 0. The maximum Gasteiger partial charge on any atom is 0.207 e. The lowest BCUT2D eigenvalue weighted by Gasteiger charge is -2.02. The normalized spacial score (nSPS) is 10.3. The van der Waals surface area contributed by atoms with Crippen molar-refractivity contribution in [3.8, 4) is 11.5 Å². The lowest BCUT2D eigenvalue weighted by molar-refractivity contribution is 0.318. The number of aromatic hydroxyl groups is 2. The number of benzene rings is 1. The van der Waals surface area contributed by atoms with Gasteiger partial charge in [-0.1, -0.05) is 0 Å². The van der Waals surface area contributed by atoms with Crippen LogP contribution in [0.2, 0.25) is 0 Å². The average molecular weight is 182 g/mol. The van der Waals surface area contributed by atoms with Gasteiger partial charge in [0.2, 0.25) is 34.8 Å². The Morgan fingerprint density at radius 2 is 0.833 bits per heavy atom. The van der Waals surface area contributed by atoms with Crippen molar-refractivity contribution in [3.05, 3.63) is 23.3 Å². The molecule has 0 aromatic heterocycles. The van der Waals surface area contributed by atoms with Gasteiger partial charge in [-0.2, -0.15) is 8.78 Å².